The molecule has 1 aromatic rings. The van der Waals surface area contributed by atoms with E-state index in [0.29, 0.717) is 0 Å². The topological polar surface area (TPSA) is 15.3 Å². The quantitative estimate of drug-likeness (QED) is 0.850. The number of fused-ring (bicyclic) bond motifs is 1. The monoisotopic (exact) mass is 280 g/mol. The average Bonchev–Trinajstić information content (AvgIpc) is 2.74. The molecule has 2 heteroatoms. The van der Waals surface area contributed by atoms with Gasteiger partial charge in [0.25, 0.3) is 0 Å². The lowest BCUT2D eigenvalue weighted by Crippen LogP contribution is -2.44. The fourth-order valence-corrected chi connectivity index (χ4v) is 4.05. The Hall–Kier alpha value is -1.54. The molecule has 0 radical (unpaired) electrons. The summed E-state index contributed by atoms with van der Waals surface area (Å²) < 4.78 is 0. The zero-order valence-electron chi connectivity index (χ0n) is 12.6. The molecule has 2 aliphatic heterocycles. The number of benzene rings is 1. The van der Waals surface area contributed by atoms with E-state index in [1.807, 2.05) is 0 Å². The maximum Gasteiger partial charge on any atom is 0.0363 e. The van der Waals surface area contributed by atoms with Gasteiger partial charge in [0.2, 0.25) is 0 Å². The molecule has 0 bridgehead atoms. The SMILES string of the molecule is C1=CC2=C(Cc3ccccc3CC2)N(C2CCNCC2)C1. The predicted octanol–water partition coefficient (Wildman–Crippen LogP) is 3.05. The molecule has 0 amide bonds. The summed E-state index contributed by atoms with van der Waals surface area (Å²) in [4.78, 5) is 2.71. The van der Waals surface area contributed by atoms with Crippen LogP contribution in [0.2, 0.25) is 0 Å². The Labute approximate surface area is 127 Å². The second kappa shape index (κ2) is 5.69. The second-order valence-corrected chi connectivity index (χ2v) is 6.45. The molecule has 2 heterocycles. The van der Waals surface area contributed by atoms with Crippen molar-refractivity contribution in [3.05, 3.63) is 58.8 Å². The summed E-state index contributed by atoms with van der Waals surface area (Å²) in [5, 5.41) is 3.49. The Morgan fingerprint density at radius 1 is 1.00 bits per heavy atom. The molecule has 2 nitrogen and oxygen atoms in total. The van der Waals surface area contributed by atoms with Gasteiger partial charge in [0, 0.05) is 24.7 Å². The minimum Gasteiger partial charge on any atom is -0.368 e. The van der Waals surface area contributed by atoms with Gasteiger partial charge >= 0.3 is 0 Å². The number of allylic oxidation sites excluding steroid dienone is 3. The first-order valence-corrected chi connectivity index (χ1v) is 8.34. The molecule has 1 aromatic carbocycles. The highest BCUT2D eigenvalue weighted by Gasteiger charge is 2.27. The van der Waals surface area contributed by atoms with E-state index in [2.05, 4.69) is 46.6 Å². The van der Waals surface area contributed by atoms with Gasteiger partial charge in [-0.05, 0) is 55.5 Å². The van der Waals surface area contributed by atoms with Gasteiger partial charge in [-0.25, -0.2) is 0 Å². The summed E-state index contributed by atoms with van der Waals surface area (Å²) in [7, 11) is 0. The first-order valence-electron chi connectivity index (χ1n) is 8.34. The van der Waals surface area contributed by atoms with E-state index in [1.54, 1.807) is 16.8 Å². The van der Waals surface area contributed by atoms with Crippen molar-refractivity contribution >= 4 is 0 Å². The highest BCUT2D eigenvalue weighted by Crippen LogP contribution is 2.32. The molecular formula is C19H24N2. The van der Waals surface area contributed by atoms with Crippen LogP contribution in [0.25, 0.3) is 0 Å². The maximum atomic E-state index is 3.49. The molecule has 1 N–H and O–H groups in total. The second-order valence-electron chi connectivity index (χ2n) is 6.45. The standard InChI is InChI=1S/C19H24N2/c1-2-5-17-14-19-16(8-7-15(17)4-1)6-3-13-21(19)18-9-11-20-12-10-18/h1-6,18,20H,7-14H2. The highest BCUT2D eigenvalue weighted by atomic mass is 15.2. The first-order chi connectivity index (χ1) is 10.4. The lowest BCUT2D eigenvalue weighted by molar-refractivity contribution is 0.217. The Morgan fingerprint density at radius 3 is 2.67 bits per heavy atom. The molecule has 0 unspecified atom stereocenters. The van der Waals surface area contributed by atoms with E-state index in [9.17, 15) is 0 Å². The van der Waals surface area contributed by atoms with Crippen molar-refractivity contribution in [3.63, 3.8) is 0 Å². The lowest BCUT2D eigenvalue weighted by atomic mass is 9.97. The van der Waals surface area contributed by atoms with Gasteiger partial charge in [0.05, 0.1) is 0 Å². The van der Waals surface area contributed by atoms with Crippen LogP contribution >= 0.6 is 0 Å². The average molecular weight is 280 g/mol. The molecule has 0 atom stereocenters. The third-order valence-electron chi connectivity index (χ3n) is 5.23. The number of aryl methyl sites for hydroxylation is 1. The van der Waals surface area contributed by atoms with Gasteiger partial charge in [-0.15, -0.1) is 0 Å². The number of hydrogen-bond acceptors (Lipinski definition) is 2. The van der Waals surface area contributed by atoms with Crippen LogP contribution in [-0.4, -0.2) is 30.6 Å². The number of piperidine rings is 1. The van der Waals surface area contributed by atoms with Gasteiger partial charge in [-0.1, -0.05) is 36.4 Å². The highest BCUT2D eigenvalue weighted by molar-refractivity contribution is 5.40. The summed E-state index contributed by atoms with van der Waals surface area (Å²) in [5.74, 6) is 0. The van der Waals surface area contributed by atoms with E-state index in [-0.39, 0.29) is 0 Å². The van der Waals surface area contributed by atoms with E-state index in [4.69, 9.17) is 0 Å². The molecular weight excluding hydrogens is 256 g/mol. The van der Waals surface area contributed by atoms with Gasteiger partial charge in [0.15, 0.2) is 0 Å². The number of rotatable bonds is 1. The summed E-state index contributed by atoms with van der Waals surface area (Å²) in [6.07, 6.45) is 10.8. The summed E-state index contributed by atoms with van der Waals surface area (Å²) in [5.41, 5.74) is 6.27. The third kappa shape index (κ3) is 2.53. The van der Waals surface area contributed by atoms with E-state index < -0.39 is 0 Å². The number of nitrogens with zero attached hydrogens (tertiary/aromatic N) is 1. The minimum atomic E-state index is 0.728. The van der Waals surface area contributed by atoms with Crippen LogP contribution in [0.5, 0.6) is 0 Å². The molecule has 0 saturated carbocycles. The fourth-order valence-electron chi connectivity index (χ4n) is 4.05. The third-order valence-corrected chi connectivity index (χ3v) is 5.23. The van der Waals surface area contributed by atoms with Crippen LogP contribution < -0.4 is 5.32 Å². The Balaban J connectivity index is 1.66. The van der Waals surface area contributed by atoms with E-state index in [0.717, 1.165) is 19.0 Å². The predicted molar refractivity (Wildman–Crippen MR) is 87.2 cm³/mol. The molecule has 1 aliphatic carbocycles. The molecule has 0 spiro atoms. The number of hydrogen-bond donors (Lipinski definition) is 1. The van der Waals surface area contributed by atoms with Crippen molar-refractivity contribution < 1.29 is 0 Å². The van der Waals surface area contributed by atoms with Crippen LogP contribution in [-0.2, 0) is 12.8 Å². The number of nitrogens with one attached hydrogen (secondary N) is 1. The van der Waals surface area contributed by atoms with Gasteiger partial charge in [-0.3, -0.25) is 0 Å². The molecule has 1 fully saturated rings. The molecule has 3 aliphatic rings. The van der Waals surface area contributed by atoms with Crippen LogP contribution in [0.4, 0.5) is 0 Å². The molecule has 0 aromatic heterocycles. The van der Waals surface area contributed by atoms with E-state index in [1.165, 1.54) is 44.3 Å². The van der Waals surface area contributed by atoms with Gasteiger partial charge in [-0.2, -0.15) is 0 Å². The van der Waals surface area contributed by atoms with Crippen LogP contribution in [0, 0.1) is 0 Å². The minimum absolute atomic E-state index is 0.728. The van der Waals surface area contributed by atoms with Gasteiger partial charge in [0.1, 0.15) is 0 Å². The fraction of sp³-hybridized carbons (Fsp3) is 0.474. The van der Waals surface area contributed by atoms with Crippen molar-refractivity contribution in [1.29, 1.82) is 0 Å². The Bertz CT molecular complexity index is 579. The Morgan fingerprint density at radius 2 is 1.81 bits per heavy atom. The zero-order chi connectivity index (χ0) is 14.1. The Kier molecular flexibility index (Phi) is 3.56. The van der Waals surface area contributed by atoms with Crippen molar-refractivity contribution in [2.75, 3.05) is 19.6 Å². The van der Waals surface area contributed by atoms with Crippen LogP contribution in [0.15, 0.2) is 47.7 Å². The molecule has 4 rings (SSSR count). The summed E-state index contributed by atoms with van der Waals surface area (Å²) >= 11 is 0. The van der Waals surface area contributed by atoms with Crippen molar-refractivity contribution in [3.8, 4) is 0 Å². The first kappa shape index (κ1) is 13.1. The smallest absolute Gasteiger partial charge is 0.0363 e. The normalized spacial score (nSPS) is 22.8. The molecule has 21 heavy (non-hydrogen) atoms. The van der Waals surface area contributed by atoms with Crippen molar-refractivity contribution in [2.45, 2.75) is 38.1 Å². The largest absolute Gasteiger partial charge is 0.368 e. The summed E-state index contributed by atoms with van der Waals surface area (Å²) in [6, 6.07) is 9.74. The van der Waals surface area contributed by atoms with Crippen molar-refractivity contribution in [2.24, 2.45) is 0 Å². The summed E-state index contributed by atoms with van der Waals surface area (Å²) in [6.45, 7) is 3.44. The van der Waals surface area contributed by atoms with Crippen LogP contribution in [0.3, 0.4) is 0 Å². The van der Waals surface area contributed by atoms with Gasteiger partial charge < -0.3 is 10.2 Å². The van der Waals surface area contributed by atoms with E-state index >= 15 is 0 Å². The molecule has 1 saturated heterocycles. The van der Waals surface area contributed by atoms with Crippen molar-refractivity contribution in [1.82, 2.24) is 10.2 Å². The maximum absolute atomic E-state index is 3.49. The zero-order valence-corrected chi connectivity index (χ0v) is 12.6. The van der Waals surface area contributed by atoms with Crippen LogP contribution in [0.1, 0.15) is 30.4 Å². The lowest BCUT2D eigenvalue weighted by Gasteiger charge is -2.40. The molecule has 110 valence electrons.